The Morgan fingerprint density at radius 1 is 0.871 bits per heavy atom. The number of carbonyl (C=O) groups excluding carboxylic acids is 2. The maximum absolute atomic E-state index is 12.9. The number of thioether (sulfide) groups is 1. The number of rotatable bonds is 7. The van der Waals surface area contributed by atoms with Crippen molar-refractivity contribution in [2.24, 2.45) is 0 Å². The standard InChI is InChI=1S/C26H28N2O2S/c1-5-23(26(30)28-24-18(3)8-6-9-19(24)4)31-22-11-7-10-21(16-22)27-25(29)20-14-12-17(2)13-15-20/h6-16,23H,5H2,1-4H3,(H,27,29)(H,28,30). The maximum Gasteiger partial charge on any atom is 0.255 e. The normalized spacial score (nSPS) is 11.6. The zero-order valence-corrected chi connectivity index (χ0v) is 19.2. The van der Waals surface area contributed by atoms with Crippen molar-refractivity contribution in [1.29, 1.82) is 0 Å². The van der Waals surface area contributed by atoms with E-state index in [1.165, 1.54) is 11.8 Å². The van der Waals surface area contributed by atoms with Crippen LogP contribution in [0.4, 0.5) is 11.4 Å². The first-order valence-electron chi connectivity index (χ1n) is 10.4. The highest BCUT2D eigenvalue weighted by atomic mass is 32.2. The molecule has 0 heterocycles. The third-order valence-electron chi connectivity index (χ3n) is 5.08. The lowest BCUT2D eigenvalue weighted by Gasteiger charge is -2.17. The molecule has 0 aliphatic carbocycles. The molecule has 2 N–H and O–H groups in total. The predicted molar refractivity (Wildman–Crippen MR) is 130 cm³/mol. The molecule has 5 heteroatoms. The third-order valence-corrected chi connectivity index (χ3v) is 6.43. The molecule has 0 aliphatic rings. The number of para-hydroxylation sites is 1. The molecule has 2 amide bonds. The minimum absolute atomic E-state index is 0.0148. The molecule has 0 aliphatic heterocycles. The molecular weight excluding hydrogens is 404 g/mol. The Bertz CT molecular complexity index is 1060. The van der Waals surface area contributed by atoms with Gasteiger partial charge in [0.1, 0.15) is 0 Å². The first-order valence-corrected chi connectivity index (χ1v) is 11.3. The predicted octanol–water partition coefficient (Wildman–Crippen LogP) is 6.37. The summed E-state index contributed by atoms with van der Waals surface area (Å²) in [6.07, 6.45) is 0.696. The van der Waals surface area contributed by atoms with Gasteiger partial charge in [-0.05, 0) is 68.7 Å². The highest BCUT2D eigenvalue weighted by molar-refractivity contribution is 8.00. The van der Waals surface area contributed by atoms with Crippen LogP contribution in [0.25, 0.3) is 0 Å². The molecular formula is C26H28N2O2S. The minimum Gasteiger partial charge on any atom is -0.325 e. The van der Waals surface area contributed by atoms with Crippen LogP contribution < -0.4 is 10.6 Å². The smallest absolute Gasteiger partial charge is 0.255 e. The number of benzene rings is 3. The maximum atomic E-state index is 12.9. The van der Waals surface area contributed by atoms with Crippen molar-refractivity contribution in [3.63, 3.8) is 0 Å². The van der Waals surface area contributed by atoms with Gasteiger partial charge >= 0.3 is 0 Å². The Morgan fingerprint density at radius 3 is 2.16 bits per heavy atom. The van der Waals surface area contributed by atoms with E-state index in [9.17, 15) is 9.59 Å². The van der Waals surface area contributed by atoms with E-state index in [-0.39, 0.29) is 17.1 Å². The average Bonchev–Trinajstić information content (AvgIpc) is 2.75. The van der Waals surface area contributed by atoms with Crippen LogP contribution in [-0.2, 0) is 4.79 Å². The second-order valence-corrected chi connectivity index (χ2v) is 8.89. The van der Waals surface area contributed by atoms with Crippen molar-refractivity contribution < 1.29 is 9.59 Å². The van der Waals surface area contributed by atoms with E-state index in [2.05, 4.69) is 10.6 Å². The van der Waals surface area contributed by atoms with Crippen LogP contribution in [0, 0.1) is 20.8 Å². The summed E-state index contributed by atoms with van der Waals surface area (Å²) in [6.45, 7) is 7.99. The minimum atomic E-state index is -0.234. The van der Waals surface area contributed by atoms with Crippen LogP contribution in [0.3, 0.4) is 0 Å². The van der Waals surface area contributed by atoms with E-state index in [0.29, 0.717) is 17.7 Å². The lowest BCUT2D eigenvalue weighted by Crippen LogP contribution is -2.25. The van der Waals surface area contributed by atoms with E-state index in [0.717, 1.165) is 27.3 Å². The number of hydrogen-bond acceptors (Lipinski definition) is 3. The van der Waals surface area contributed by atoms with Crippen LogP contribution in [0.15, 0.2) is 71.6 Å². The fraction of sp³-hybridized carbons (Fsp3) is 0.231. The van der Waals surface area contributed by atoms with Gasteiger partial charge < -0.3 is 10.6 Å². The van der Waals surface area contributed by atoms with Gasteiger partial charge in [-0.2, -0.15) is 0 Å². The molecule has 31 heavy (non-hydrogen) atoms. The van der Waals surface area contributed by atoms with Gasteiger partial charge in [-0.25, -0.2) is 0 Å². The van der Waals surface area contributed by atoms with Gasteiger partial charge in [0, 0.05) is 21.8 Å². The summed E-state index contributed by atoms with van der Waals surface area (Å²) in [4.78, 5) is 26.4. The summed E-state index contributed by atoms with van der Waals surface area (Å²) in [5.41, 5.74) is 5.41. The van der Waals surface area contributed by atoms with Gasteiger partial charge in [-0.3, -0.25) is 9.59 Å². The molecule has 0 bridgehead atoms. The Kier molecular flexibility index (Phi) is 7.53. The molecule has 0 aromatic heterocycles. The van der Waals surface area contributed by atoms with Crippen LogP contribution in [0.5, 0.6) is 0 Å². The van der Waals surface area contributed by atoms with Crippen LogP contribution in [0.2, 0.25) is 0 Å². The van der Waals surface area contributed by atoms with E-state index >= 15 is 0 Å². The average molecular weight is 433 g/mol. The topological polar surface area (TPSA) is 58.2 Å². The van der Waals surface area contributed by atoms with Gasteiger partial charge in [0.25, 0.3) is 5.91 Å². The molecule has 1 unspecified atom stereocenters. The van der Waals surface area contributed by atoms with Crippen molar-refractivity contribution in [2.75, 3.05) is 10.6 Å². The quantitative estimate of drug-likeness (QED) is 0.426. The molecule has 0 saturated carbocycles. The van der Waals surface area contributed by atoms with E-state index in [4.69, 9.17) is 0 Å². The summed E-state index contributed by atoms with van der Waals surface area (Å²) < 4.78 is 0. The number of nitrogens with one attached hydrogen (secondary N) is 2. The highest BCUT2D eigenvalue weighted by Gasteiger charge is 2.19. The first-order chi connectivity index (χ1) is 14.9. The largest absolute Gasteiger partial charge is 0.325 e. The second kappa shape index (κ2) is 10.3. The van der Waals surface area contributed by atoms with E-state index < -0.39 is 0 Å². The van der Waals surface area contributed by atoms with E-state index in [1.807, 2.05) is 94.4 Å². The molecule has 0 spiro atoms. The summed E-state index contributed by atoms with van der Waals surface area (Å²) in [5, 5.41) is 5.80. The molecule has 0 fully saturated rings. The number of carbonyl (C=O) groups is 2. The number of aryl methyl sites for hydroxylation is 3. The number of amides is 2. The van der Waals surface area contributed by atoms with Crippen molar-refractivity contribution >= 4 is 35.0 Å². The highest BCUT2D eigenvalue weighted by Crippen LogP contribution is 2.29. The van der Waals surface area contributed by atoms with Gasteiger partial charge in [-0.1, -0.05) is 48.9 Å². The summed E-state index contributed by atoms with van der Waals surface area (Å²) in [5.74, 6) is -0.166. The van der Waals surface area contributed by atoms with E-state index in [1.54, 1.807) is 0 Å². The van der Waals surface area contributed by atoms with Crippen LogP contribution >= 0.6 is 11.8 Å². The third kappa shape index (κ3) is 5.98. The molecule has 160 valence electrons. The van der Waals surface area contributed by atoms with Gasteiger partial charge in [0.2, 0.25) is 5.91 Å². The van der Waals surface area contributed by atoms with Gasteiger partial charge in [-0.15, -0.1) is 11.8 Å². The van der Waals surface area contributed by atoms with Crippen LogP contribution in [-0.4, -0.2) is 17.1 Å². The lowest BCUT2D eigenvalue weighted by molar-refractivity contribution is -0.115. The number of anilines is 2. The molecule has 3 aromatic carbocycles. The summed E-state index contributed by atoms with van der Waals surface area (Å²) >= 11 is 1.50. The molecule has 1 atom stereocenters. The summed E-state index contributed by atoms with van der Waals surface area (Å²) in [6, 6.07) is 21.1. The molecule has 4 nitrogen and oxygen atoms in total. The Labute approximate surface area is 188 Å². The summed E-state index contributed by atoms with van der Waals surface area (Å²) in [7, 11) is 0. The van der Waals surface area contributed by atoms with Crippen molar-refractivity contribution in [1.82, 2.24) is 0 Å². The second-order valence-electron chi connectivity index (χ2n) is 7.62. The molecule has 0 radical (unpaired) electrons. The Morgan fingerprint density at radius 2 is 1.52 bits per heavy atom. The van der Waals surface area contributed by atoms with Crippen molar-refractivity contribution in [2.45, 2.75) is 44.3 Å². The van der Waals surface area contributed by atoms with Crippen molar-refractivity contribution in [3.8, 4) is 0 Å². The molecule has 3 aromatic rings. The Hall–Kier alpha value is -3.05. The lowest BCUT2D eigenvalue weighted by atomic mass is 10.1. The Balaban J connectivity index is 1.69. The molecule has 0 saturated heterocycles. The van der Waals surface area contributed by atoms with Crippen LogP contribution in [0.1, 0.15) is 40.4 Å². The zero-order chi connectivity index (χ0) is 22.4. The molecule has 3 rings (SSSR count). The first kappa shape index (κ1) is 22.6. The van der Waals surface area contributed by atoms with Gasteiger partial charge in [0.05, 0.1) is 5.25 Å². The zero-order valence-electron chi connectivity index (χ0n) is 18.4. The number of hydrogen-bond donors (Lipinski definition) is 2. The SMILES string of the molecule is CCC(Sc1cccc(NC(=O)c2ccc(C)cc2)c1)C(=O)Nc1c(C)cccc1C. The van der Waals surface area contributed by atoms with Gasteiger partial charge in [0.15, 0.2) is 0 Å². The fourth-order valence-corrected chi connectivity index (χ4v) is 4.27. The van der Waals surface area contributed by atoms with Crippen molar-refractivity contribution in [3.05, 3.63) is 89.0 Å². The fourth-order valence-electron chi connectivity index (χ4n) is 3.26. The monoisotopic (exact) mass is 432 g/mol.